The van der Waals surface area contributed by atoms with Crippen LogP contribution in [0.3, 0.4) is 0 Å². The van der Waals surface area contributed by atoms with Crippen LogP contribution >= 0.6 is 0 Å². The van der Waals surface area contributed by atoms with E-state index in [-0.39, 0.29) is 0 Å². The van der Waals surface area contributed by atoms with Gasteiger partial charge in [0, 0.05) is 24.0 Å². The molecule has 3 heteroatoms. The number of nitrogens with one attached hydrogen (secondary N) is 1. The van der Waals surface area contributed by atoms with Gasteiger partial charge in [-0.1, -0.05) is 0 Å². The number of hydrogen-bond donors (Lipinski definition) is 2. The Balaban J connectivity index is 2.47. The normalized spacial score (nSPS) is 12.9. The third kappa shape index (κ3) is 3.66. The van der Waals surface area contributed by atoms with Crippen molar-refractivity contribution in [3.63, 3.8) is 0 Å². The number of nitrogens with zero attached hydrogens (tertiary/aromatic N) is 1. The Hall–Kier alpha value is -1.22. The smallest absolute Gasteiger partial charge is 0.0360 e. The molecule has 0 fully saturated rings. The summed E-state index contributed by atoms with van der Waals surface area (Å²) in [6.45, 7) is 3.18. The molecular formula is C11H19N3. The second-order valence-electron chi connectivity index (χ2n) is 3.93. The summed E-state index contributed by atoms with van der Waals surface area (Å²) in [5.41, 5.74) is 7.52. The molecule has 1 rings (SSSR count). The third-order valence-electron chi connectivity index (χ3n) is 1.96. The fraction of sp³-hybridized carbons (Fsp3) is 0.455. The summed E-state index contributed by atoms with van der Waals surface area (Å²) in [4.78, 5) is 2.16. The monoisotopic (exact) mass is 193 g/mol. The number of nitrogens with two attached hydrogens (primary N) is 1. The predicted octanol–water partition coefficient (Wildman–Crippen LogP) is 1.63. The summed E-state index contributed by atoms with van der Waals surface area (Å²) < 4.78 is 0. The van der Waals surface area contributed by atoms with Crippen LogP contribution in [-0.4, -0.2) is 31.6 Å². The van der Waals surface area contributed by atoms with Gasteiger partial charge in [-0.2, -0.15) is 0 Å². The first kappa shape index (κ1) is 10.9. The Morgan fingerprint density at radius 2 is 1.86 bits per heavy atom. The minimum atomic E-state index is 0.439. The van der Waals surface area contributed by atoms with Crippen LogP contribution in [0, 0.1) is 0 Å². The fourth-order valence-corrected chi connectivity index (χ4v) is 1.46. The Labute approximate surface area is 85.9 Å². The zero-order chi connectivity index (χ0) is 10.6. The SMILES string of the molecule is C[C@H](CN(C)C)Nc1ccc(N)cc1. The summed E-state index contributed by atoms with van der Waals surface area (Å²) in [6.07, 6.45) is 0. The average molecular weight is 193 g/mol. The number of rotatable bonds is 4. The maximum Gasteiger partial charge on any atom is 0.0360 e. The van der Waals surface area contributed by atoms with Crippen molar-refractivity contribution in [2.45, 2.75) is 13.0 Å². The average Bonchev–Trinajstić information content (AvgIpc) is 2.07. The van der Waals surface area contributed by atoms with Crippen LogP contribution in [0.1, 0.15) is 6.92 Å². The second kappa shape index (κ2) is 4.86. The Morgan fingerprint density at radius 1 is 1.29 bits per heavy atom. The van der Waals surface area contributed by atoms with Gasteiger partial charge in [-0.25, -0.2) is 0 Å². The summed E-state index contributed by atoms with van der Waals surface area (Å²) >= 11 is 0. The molecule has 0 spiro atoms. The second-order valence-corrected chi connectivity index (χ2v) is 3.93. The molecule has 0 aliphatic carbocycles. The van der Waals surface area contributed by atoms with E-state index in [1.165, 1.54) is 0 Å². The van der Waals surface area contributed by atoms with E-state index >= 15 is 0 Å². The molecule has 0 unspecified atom stereocenters. The Morgan fingerprint density at radius 3 is 2.36 bits per heavy atom. The van der Waals surface area contributed by atoms with E-state index in [9.17, 15) is 0 Å². The molecule has 78 valence electrons. The molecular weight excluding hydrogens is 174 g/mol. The van der Waals surface area contributed by atoms with Gasteiger partial charge in [0.1, 0.15) is 0 Å². The van der Waals surface area contributed by atoms with E-state index < -0.39 is 0 Å². The van der Waals surface area contributed by atoms with Crippen molar-refractivity contribution in [1.29, 1.82) is 0 Å². The summed E-state index contributed by atoms with van der Waals surface area (Å²) in [6, 6.07) is 8.26. The van der Waals surface area contributed by atoms with Crippen molar-refractivity contribution in [2.24, 2.45) is 0 Å². The molecule has 3 nitrogen and oxygen atoms in total. The van der Waals surface area contributed by atoms with Crippen LogP contribution in [0.4, 0.5) is 11.4 Å². The van der Waals surface area contributed by atoms with Gasteiger partial charge in [-0.05, 0) is 45.3 Å². The molecule has 14 heavy (non-hydrogen) atoms. The molecule has 0 aliphatic rings. The van der Waals surface area contributed by atoms with E-state index in [1.807, 2.05) is 24.3 Å². The first-order chi connectivity index (χ1) is 6.58. The molecule has 1 atom stereocenters. The van der Waals surface area contributed by atoms with E-state index in [0.29, 0.717) is 6.04 Å². The van der Waals surface area contributed by atoms with Crippen molar-refractivity contribution < 1.29 is 0 Å². The first-order valence-electron chi connectivity index (χ1n) is 4.84. The lowest BCUT2D eigenvalue weighted by Gasteiger charge is -2.19. The van der Waals surface area contributed by atoms with E-state index in [0.717, 1.165) is 17.9 Å². The molecule has 1 aromatic rings. The topological polar surface area (TPSA) is 41.3 Å². The van der Waals surface area contributed by atoms with Gasteiger partial charge < -0.3 is 16.0 Å². The minimum absolute atomic E-state index is 0.439. The number of nitrogen functional groups attached to an aromatic ring is 1. The summed E-state index contributed by atoms with van der Waals surface area (Å²) in [5, 5.41) is 3.40. The summed E-state index contributed by atoms with van der Waals surface area (Å²) in [7, 11) is 4.14. The quantitative estimate of drug-likeness (QED) is 0.714. The van der Waals surface area contributed by atoms with Gasteiger partial charge in [-0.15, -0.1) is 0 Å². The van der Waals surface area contributed by atoms with Gasteiger partial charge in [0.2, 0.25) is 0 Å². The third-order valence-corrected chi connectivity index (χ3v) is 1.96. The molecule has 1 aromatic carbocycles. The van der Waals surface area contributed by atoms with Crippen LogP contribution in [0.15, 0.2) is 24.3 Å². The summed E-state index contributed by atoms with van der Waals surface area (Å²) in [5.74, 6) is 0. The molecule has 0 aliphatic heterocycles. The number of anilines is 2. The van der Waals surface area contributed by atoms with Crippen LogP contribution in [-0.2, 0) is 0 Å². The number of hydrogen-bond acceptors (Lipinski definition) is 3. The molecule has 0 amide bonds. The van der Waals surface area contributed by atoms with Gasteiger partial charge >= 0.3 is 0 Å². The molecule has 0 aromatic heterocycles. The highest BCUT2D eigenvalue weighted by molar-refractivity contribution is 5.51. The van der Waals surface area contributed by atoms with Crippen LogP contribution in [0.5, 0.6) is 0 Å². The first-order valence-corrected chi connectivity index (χ1v) is 4.84. The molecule has 0 bridgehead atoms. The maximum atomic E-state index is 5.60. The Kier molecular flexibility index (Phi) is 3.77. The molecule has 0 heterocycles. The standard InChI is InChI=1S/C11H19N3/c1-9(8-14(2)3)13-11-6-4-10(12)5-7-11/h4-7,9,13H,8,12H2,1-3H3/t9-/m1/s1. The molecule has 0 saturated carbocycles. The van der Waals surface area contributed by atoms with Crippen LogP contribution < -0.4 is 11.1 Å². The zero-order valence-corrected chi connectivity index (χ0v) is 9.12. The van der Waals surface area contributed by atoms with Crippen LogP contribution in [0.25, 0.3) is 0 Å². The van der Waals surface area contributed by atoms with Gasteiger partial charge in [0.25, 0.3) is 0 Å². The lowest BCUT2D eigenvalue weighted by Crippen LogP contribution is -2.29. The van der Waals surface area contributed by atoms with Crippen molar-refractivity contribution >= 4 is 11.4 Å². The molecule has 3 N–H and O–H groups in total. The molecule has 0 saturated heterocycles. The zero-order valence-electron chi connectivity index (χ0n) is 9.12. The van der Waals surface area contributed by atoms with Crippen LogP contribution in [0.2, 0.25) is 0 Å². The highest BCUT2D eigenvalue weighted by Crippen LogP contribution is 2.11. The van der Waals surface area contributed by atoms with Crippen molar-refractivity contribution in [1.82, 2.24) is 4.90 Å². The van der Waals surface area contributed by atoms with Gasteiger partial charge in [0.15, 0.2) is 0 Å². The highest BCUT2D eigenvalue weighted by Gasteiger charge is 2.02. The van der Waals surface area contributed by atoms with Gasteiger partial charge in [-0.3, -0.25) is 0 Å². The van der Waals surface area contributed by atoms with E-state index in [4.69, 9.17) is 5.73 Å². The highest BCUT2D eigenvalue weighted by atomic mass is 15.1. The molecule has 0 radical (unpaired) electrons. The fourth-order valence-electron chi connectivity index (χ4n) is 1.46. The Bertz CT molecular complexity index is 266. The van der Waals surface area contributed by atoms with E-state index in [2.05, 4.69) is 31.2 Å². The van der Waals surface area contributed by atoms with Crippen molar-refractivity contribution in [2.75, 3.05) is 31.7 Å². The largest absolute Gasteiger partial charge is 0.399 e. The lowest BCUT2D eigenvalue weighted by atomic mass is 10.2. The van der Waals surface area contributed by atoms with E-state index in [1.54, 1.807) is 0 Å². The maximum absolute atomic E-state index is 5.60. The number of likely N-dealkylation sites (N-methyl/N-ethyl adjacent to an activating group) is 1. The number of benzene rings is 1. The van der Waals surface area contributed by atoms with Gasteiger partial charge in [0.05, 0.1) is 0 Å². The van der Waals surface area contributed by atoms with Crippen molar-refractivity contribution in [3.8, 4) is 0 Å². The lowest BCUT2D eigenvalue weighted by molar-refractivity contribution is 0.392. The van der Waals surface area contributed by atoms with Crippen molar-refractivity contribution in [3.05, 3.63) is 24.3 Å². The minimum Gasteiger partial charge on any atom is -0.399 e. The predicted molar refractivity (Wildman–Crippen MR) is 62.5 cm³/mol.